The minimum atomic E-state index is -3.47. The van der Waals surface area contributed by atoms with Crippen molar-refractivity contribution in [2.24, 2.45) is 17.8 Å². The Hall–Kier alpha value is -0.600. The molecule has 1 N–H and O–H groups in total. The van der Waals surface area contributed by atoms with Crippen molar-refractivity contribution < 1.29 is 8.42 Å². The van der Waals surface area contributed by atoms with Crippen LogP contribution < -0.4 is 4.72 Å². The molecule has 0 aliphatic heterocycles. The third-order valence-corrected chi connectivity index (χ3v) is 6.17. The van der Waals surface area contributed by atoms with Gasteiger partial charge in [-0.15, -0.1) is 0 Å². The van der Waals surface area contributed by atoms with Crippen LogP contribution >= 0.6 is 0 Å². The fraction of sp³-hybridized carbons (Fsp3) is 0.917. The van der Waals surface area contributed by atoms with Crippen LogP contribution in [0.4, 0.5) is 0 Å². The minimum absolute atomic E-state index is 0.0360. The highest BCUT2D eigenvalue weighted by Crippen LogP contribution is 2.49. The molecule has 0 aromatic heterocycles. The molecule has 0 amide bonds. The minimum Gasteiger partial charge on any atom is -0.211 e. The van der Waals surface area contributed by atoms with Crippen molar-refractivity contribution in [1.29, 1.82) is 5.26 Å². The molecule has 2 saturated carbocycles. The van der Waals surface area contributed by atoms with Gasteiger partial charge in [-0.1, -0.05) is 6.42 Å². The van der Waals surface area contributed by atoms with Crippen molar-refractivity contribution in [2.45, 2.75) is 50.8 Å². The van der Waals surface area contributed by atoms with E-state index in [2.05, 4.69) is 4.72 Å². The van der Waals surface area contributed by atoms with Gasteiger partial charge in [0.25, 0.3) is 0 Å². The van der Waals surface area contributed by atoms with Gasteiger partial charge in [-0.2, -0.15) is 5.26 Å². The quantitative estimate of drug-likeness (QED) is 0.831. The first-order valence-corrected chi connectivity index (χ1v) is 7.89. The molecular formula is C12H20N2O2S. The molecule has 0 saturated heterocycles. The standard InChI is InChI=1S/C12H20N2O2S/c1-8(7-13)17(15,16)14-9(2)12-6-10-3-4-11(12)5-10/h8-12,14H,3-6H2,1-2H3. The van der Waals surface area contributed by atoms with E-state index in [-0.39, 0.29) is 6.04 Å². The van der Waals surface area contributed by atoms with Crippen LogP contribution in [0.15, 0.2) is 0 Å². The summed E-state index contributed by atoms with van der Waals surface area (Å²) >= 11 is 0. The first-order chi connectivity index (χ1) is 7.94. The molecule has 2 aliphatic rings. The predicted molar refractivity (Wildman–Crippen MR) is 65.5 cm³/mol. The van der Waals surface area contributed by atoms with E-state index in [0.717, 1.165) is 12.3 Å². The zero-order valence-corrected chi connectivity index (χ0v) is 11.2. The van der Waals surface area contributed by atoms with Crippen molar-refractivity contribution in [1.82, 2.24) is 4.72 Å². The van der Waals surface area contributed by atoms with Crippen molar-refractivity contribution in [2.75, 3.05) is 0 Å². The zero-order chi connectivity index (χ0) is 12.6. The number of hydrogen-bond donors (Lipinski definition) is 1. The molecule has 0 aromatic rings. The van der Waals surface area contributed by atoms with Crippen molar-refractivity contribution >= 4 is 10.0 Å². The van der Waals surface area contributed by atoms with Gasteiger partial charge in [-0.05, 0) is 50.9 Å². The molecule has 0 heterocycles. The summed E-state index contributed by atoms with van der Waals surface area (Å²) in [4.78, 5) is 0. The summed E-state index contributed by atoms with van der Waals surface area (Å²) in [7, 11) is -3.47. The van der Waals surface area contributed by atoms with Gasteiger partial charge in [0.05, 0.1) is 6.07 Å². The smallest absolute Gasteiger partial charge is 0.211 e. The molecule has 96 valence electrons. The number of fused-ring (bicyclic) bond motifs is 2. The van der Waals surface area contributed by atoms with Crippen molar-refractivity contribution in [3.05, 3.63) is 0 Å². The summed E-state index contributed by atoms with van der Waals surface area (Å²) in [5.41, 5.74) is 0. The van der Waals surface area contributed by atoms with Crippen molar-refractivity contribution in [3.63, 3.8) is 0 Å². The van der Waals surface area contributed by atoms with E-state index in [0.29, 0.717) is 11.8 Å². The zero-order valence-electron chi connectivity index (χ0n) is 10.4. The van der Waals surface area contributed by atoms with Gasteiger partial charge in [-0.25, -0.2) is 13.1 Å². The molecule has 2 aliphatic carbocycles. The molecule has 5 atom stereocenters. The monoisotopic (exact) mass is 256 g/mol. The van der Waals surface area contributed by atoms with Gasteiger partial charge in [-0.3, -0.25) is 0 Å². The number of nitrogens with zero attached hydrogens (tertiary/aromatic N) is 1. The molecule has 5 heteroatoms. The van der Waals surface area contributed by atoms with Crippen molar-refractivity contribution in [3.8, 4) is 6.07 Å². The lowest BCUT2D eigenvalue weighted by molar-refractivity contribution is 0.280. The summed E-state index contributed by atoms with van der Waals surface area (Å²) < 4.78 is 26.3. The Morgan fingerprint density at radius 1 is 1.29 bits per heavy atom. The Kier molecular flexibility index (Phi) is 3.46. The van der Waals surface area contributed by atoms with Crippen LogP contribution in [0, 0.1) is 29.1 Å². The Morgan fingerprint density at radius 2 is 2.00 bits per heavy atom. The van der Waals surface area contributed by atoms with Crippen LogP contribution in [0.1, 0.15) is 39.5 Å². The number of rotatable bonds is 4. The van der Waals surface area contributed by atoms with E-state index < -0.39 is 15.3 Å². The summed E-state index contributed by atoms with van der Waals surface area (Å²) in [5, 5.41) is 7.72. The Labute approximate surface area is 103 Å². The first-order valence-electron chi connectivity index (χ1n) is 6.34. The maximum Gasteiger partial charge on any atom is 0.227 e. The third kappa shape index (κ3) is 2.48. The summed E-state index contributed by atoms with van der Waals surface area (Å²) in [6, 6.07) is 1.75. The van der Waals surface area contributed by atoms with Gasteiger partial charge in [0.15, 0.2) is 5.25 Å². The van der Waals surface area contributed by atoms with Crippen LogP contribution in [0.25, 0.3) is 0 Å². The molecule has 0 radical (unpaired) electrons. The highest BCUT2D eigenvalue weighted by molar-refractivity contribution is 7.90. The molecular weight excluding hydrogens is 236 g/mol. The van der Waals surface area contributed by atoms with Crippen LogP contribution in [0.3, 0.4) is 0 Å². The van der Waals surface area contributed by atoms with Gasteiger partial charge >= 0.3 is 0 Å². The lowest BCUT2D eigenvalue weighted by atomic mass is 9.84. The number of nitriles is 1. The number of sulfonamides is 1. The average molecular weight is 256 g/mol. The molecule has 2 fully saturated rings. The first kappa shape index (κ1) is 12.8. The topological polar surface area (TPSA) is 70.0 Å². The molecule has 2 rings (SSSR count). The SMILES string of the molecule is CC(NS(=O)(=O)C(C)C#N)C1CC2CCC1C2. The summed E-state index contributed by atoms with van der Waals surface area (Å²) in [6.45, 7) is 3.36. The van der Waals surface area contributed by atoms with Crippen LogP contribution in [0.5, 0.6) is 0 Å². The van der Waals surface area contributed by atoms with Gasteiger partial charge in [0.1, 0.15) is 0 Å². The maximum atomic E-state index is 11.8. The van der Waals surface area contributed by atoms with E-state index in [1.54, 1.807) is 6.07 Å². The van der Waals surface area contributed by atoms with Crippen LogP contribution in [0.2, 0.25) is 0 Å². The van der Waals surface area contributed by atoms with Crippen LogP contribution in [-0.2, 0) is 10.0 Å². The lowest BCUT2D eigenvalue weighted by Gasteiger charge is -2.28. The summed E-state index contributed by atoms with van der Waals surface area (Å²) in [6.07, 6.45) is 4.98. The highest BCUT2D eigenvalue weighted by atomic mass is 32.2. The lowest BCUT2D eigenvalue weighted by Crippen LogP contribution is -2.43. The van der Waals surface area contributed by atoms with E-state index in [1.807, 2.05) is 6.92 Å². The molecule has 17 heavy (non-hydrogen) atoms. The fourth-order valence-corrected chi connectivity index (χ4v) is 4.46. The molecule has 0 spiro atoms. The average Bonchev–Trinajstić information content (AvgIpc) is 2.88. The number of nitrogens with one attached hydrogen (secondary N) is 1. The van der Waals surface area contributed by atoms with E-state index in [9.17, 15) is 8.42 Å². The Bertz CT molecular complexity index is 426. The van der Waals surface area contributed by atoms with Gasteiger partial charge < -0.3 is 0 Å². The highest BCUT2D eigenvalue weighted by Gasteiger charge is 2.42. The van der Waals surface area contributed by atoms with E-state index in [4.69, 9.17) is 5.26 Å². The second-order valence-corrected chi connectivity index (χ2v) is 7.59. The Balaban J connectivity index is 1.98. The predicted octanol–water partition coefficient (Wildman–Crippen LogP) is 1.64. The number of hydrogen-bond acceptors (Lipinski definition) is 3. The largest absolute Gasteiger partial charge is 0.227 e. The molecule has 0 aromatic carbocycles. The van der Waals surface area contributed by atoms with Crippen LogP contribution in [-0.4, -0.2) is 19.7 Å². The second kappa shape index (κ2) is 4.58. The normalized spacial score (nSPS) is 35.5. The second-order valence-electron chi connectivity index (χ2n) is 5.56. The molecule has 5 unspecified atom stereocenters. The van der Waals surface area contributed by atoms with Gasteiger partial charge in [0.2, 0.25) is 10.0 Å². The summed E-state index contributed by atoms with van der Waals surface area (Å²) in [5.74, 6) is 1.97. The molecule has 4 nitrogen and oxygen atoms in total. The van der Waals surface area contributed by atoms with Gasteiger partial charge in [0, 0.05) is 6.04 Å². The maximum absolute atomic E-state index is 11.8. The molecule has 2 bridgehead atoms. The fourth-order valence-electron chi connectivity index (χ4n) is 3.42. The Morgan fingerprint density at radius 3 is 2.47 bits per heavy atom. The van der Waals surface area contributed by atoms with E-state index >= 15 is 0 Å². The third-order valence-electron chi connectivity index (χ3n) is 4.43. The van der Waals surface area contributed by atoms with E-state index in [1.165, 1.54) is 26.2 Å².